The first-order valence-electron chi connectivity index (χ1n) is 6.77. The Labute approximate surface area is 131 Å². The standard InChI is InChI=1S/C15H13FN4OS/c16-15(6-7-20(9-15)10-17)13(21)19-14-18-8-12(22-14)11-4-2-1-3-5-11/h1-5,8H,6-7,9H2,(H,18,19,21). The van der Waals surface area contributed by atoms with Crippen molar-refractivity contribution in [2.75, 3.05) is 18.4 Å². The van der Waals surface area contributed by atoms with E-state index in [1.165, 1.54) is 16.2 Å². The number of hydrogen-bond donors (Lipinski definition) is 1. The van der Waals surface area contributed by atoms with Gasteiger partial charge in [-0.1, -0.05) is 41.7 Å². The molecule has 1 aliphatic rings. The van der Waals surface area contributed by atoms with Crippen molar-refractivity contribution in [2.24, 2.45) is 0 Å². The molecule has 5 nitrogen and oxygen atoms in total. The molecular weight excluding hydrogens is 303 g/mol. The molecule has 1 N–H and O–H groups in total. The highest BCUT2D eigenvalue weighted by atomic mass is 32.1. The largest absolute Gasteiger partial charge is 0.307 e. The van der Waals surface area contributed by atoms with E-state index in [4.69, 9.17) is 5.26 Å². The van der Waals surface area contributed by atoms with Gasteiger partial charge in [-0.3, -0.25) is 10.1 Å². The number of anilines is 1. The minimum Gasteiger partial charge on any atom is -0.307 e. The maximum Gasteiger partial charge on any atom is 0.265 e. The molecule has 1 amide bonds. The number of benzene rings is 1. The van der Waals surface area contributed by atoms with E-state index in [1.807, 2.05) is 36.5 Å². The van der Waals surface area contributed by atoms with E-state index in [0.29, 0.717) is 5.13 Å². The first-order chi connectivity index (χ1) is 10.6. The lowest BCUT2D eigenvalue weighted by Gasteiger charge is -2.16. The minimum atomic E-state index is -2.03. The predicted octanol–water partition coefficient (Wildman–Crippen LogP) is 2.64. The number of nitrogens with one attached hydrogen (secondary N) is 1. The number of halogens is 1. The Balaban J connectivity index is 1.71. The van der Waals surface area contributed by atoms with Crippen molar-refractivity contribution < 1.29 is 9.18 Å². The molecule has 1 unspecified atom stereocenters. The number of hydrogen-bond acceptors (Lipinski definition) is 5. The Kier molecular flexibility index (Phi) is 3.77. The summed E-state index contributed by atoms with van der Waals surface area (Å²) in [5.74, 6) is -0.737. The molecule has 2 aromatic rings. The van der Waals surface area contributed by atoms with Crippen molar-refractivity contribution >= 4 is 22.4 Å². The molecule has 112 valence electrons. The summed E-state index contributed by atoms with van der Waals surface area (Å²) in [5.41, 5.74) is -1.04. The second kappa shape index (κ2) is 5.73. The molecule has 22 heavy (non-hydrogen) atoms. The average molecular weight is 316 g/mol. The summed E-state index contributed by atoms with van der Waals surface area (Å²) in [6.07, 6.45) is 3.53. The third kappa shape index (κ3) is 2.78. The van der Waals surface area contributed by atoms with Gasteiger partial charge < -0.3 is 4.90 Å². The summed E-state index contributed by atoms with van der Waals surface area (Å²) >= 11 is 1.29. The number of nitrogens with zero attached hydrogens (tertiary/aromatic N) is 3. The van der Waals surface area contributed by atoms with Crippen LogP contribution in [-0.2, 0) is 4.79 Å². The summed E-state index contributed by atoms with van der Waals surface area (Å²) in [7, 11) is 0. The van der Waals surface area contributed by atoms with Gasteiger partial charge in [0.15, 0.2) is 11.3 Å². The molecule has 0 bridgehead atoms. The molecule has 1 saturated heterocycles. The number of carbonyl (C=O) groups excluding carboxylic acids is 1. The van der Waals surface area contributed by atoms with Crippen molar-refractivity contribution in [2.45, 2.75) is 12.1 Å². The summed E-state index contributed by atoms with van der Waals surface area (Å²) in [4.78, 5) is 18.3. The molecule has 1 aliphatic heterocycles. The highest BCUT2D eigenvalue weighted by Gasteiger charge is 2.45. The molecule has 1 atom stereocenters. The van der Waals surface area contributed by atoms with E-state index >= 15 is 0 Å². The molecule has 1 fully saturated rings. The van der Waals surface area contributed by atoms with Gasteiger partial charge in [-0.2, -0.15) is 5.26 Å². The van der Waals surface area contributed by atoms with Gasteiger partial charge in [0.2, 0.25) is 5.67 Å². The zero-order valence-corrected chi connectivity index (χ0v) is 12.4. The summed E-state index contributed by atoms with van der Waals surface area (Å²) in [6, 6.07) is 9.63. The van der Waals surface area contributed by atoms with Crippen molar-refractivity contribution in [3.8, 4) is 16.6 Å². The topological polar surface area (TPSA) is 69.0 Å². The number of alkyl halides is 1. The average Bonchev–Trinajstić information content (AvgIpc) is 3.16. The predicted molar refractivity (Wildman–Crippen MR) is 81.8 cm³/mol. The van der Waals surface area contributed by atoms with Crippen molar-refractivity contribution in [3.05, 3.63) is 36.5 Å². The quantitative estimate of drug-likeness (QED) is 0.884. The number of thiazole rings is 1. The van der Waals surface area contributed by atoms with Gasteiger partial charge in [0.25, 0.3) is 5.91 Å². The third-order valence-corrected chi connectivity index (χ3v) is 4.51. The molecule has 0 spiro atoms. The van der Waals surface area contributed by atoms with Gasteiger partial charge in [0, 0.05) is 19.2 Å². The van der Waals surface area contributed by atoms with Crippen LogP contribution in [0.5, 0.6) is 0 Å². The lowest BCUT2D eigenvalue weighted by molar-refractivity contribution is -0.126. The third-order valence-electron chi connectivity index (χ3n) is 3.55. The second-order valence-corrected chi connectivity index (χ2v) is 6.12. The molecule has 0 aliphatic carbocycles. The van der Waals surface area contributed by atoms with Crippen LogP contribution in [0, 0.1) is 11.5 Å². The van der Waals surface area contributed by atoms with Crippen LogP contribution in [0.3, 0.4) is 0 Å². The molecule has 2 heterocycles. The Bertz CT molecular complexity index is 727. The van der Waals surface area contributed by atoms with Crippen molar-refractivity contribution in [1.29, 1.82) is 5.26 Å². The number of amides is 1. The number of rotatable bonds is 3. The Morgan fingerprint density at radius 3 is 2.91 bits per heavy atom. The van der Waals surface area contributed by atoms with E-state index in [2.05, 4.69) is 10.3 Å². The molecule has 0 radical (unpaired) electrons. The molecule has 7 heteroatoms. The summed E-state index contributed by atoms with van der Waals surface area (Å²) in [5, 5.41) is 11.6. The first-order valence-corrected chi connectivity index (χ1v) is 7.59. The molecule has 3 rings (SSSR count). The molecule has 1 aromatic heterocycles. The fraction of sp³-hybridized carbons (Fsp3) is 0.267. The molecule has 1 aromatic carbocycles. The van der Waals surface area contributed by atoms with E-state index in [1.54, 1.807) is 6.20 Å². The second-order valence-electron chi connectivity index (χ2n) is 5.09. The number of carbonyl (C=O) groups is 1. The van der Waals surface area contributed by atoms with Crippen LogP contribution in [0.2, 0.25) is 0 Å². The van der Waals surface area contributed by atoms with Crippen LogP contribution in [0.4, 0.5) is 9.52 Å². The first kappa shape index (κ1) is 14.5. The maximum atomic E-state index is 14.5. The maximum absolute atomic E-state index is 14.5. The fourth-order valence-corrected chi connectivity index (χ4v) is 3.14. The van der Waals surface area contributed by atoms with Crippen LogP contribution in [0.15, 0.2) is 36.5 Å². The van der Waals surface area contributed by atoms with Gasteiger partial charge in [-0.25, -0.2) is 9.37 Å². The van der Waals surface area contributed by atoms with Gasteiger partial charge in [0.05, 0.1) is 11.4 Å². The number of nitriles is 1. The Hall–Kier alpha value is -2.46. The van der Waals surface area contributed by atoms with E-state index < -0.39 is 11.6 Å². The minimum absolute atomic E-state index is 0.0172. The van der Waals surface area contributed by atoms with Gasteiger partial charge in [-0.05, 0) is 5.56 Å². The highest BCUT2D eigenvalue weighted by Crippen LogP contribution is 2.31. The van der Waals surface area contributed by atoms with Gasteiger partial charge in [0.1, 0.15) is 0 Å². The van der Waals surface area contributed by atoms with Crippen LogP contribution in [0.1, 0.15) is 6.42 Å². The van der Waals surface area contributed by atoms with Crippen LogP contribution in [0.25, 0.3) is 10.4 Å². The van der Waals surface area contributed by atoms with Crippen LogP contribution < -0.4 is 5.32 Å². The SMILES string of the molecule is N#CN1CCC(F)(C(=O)Nc2ncc(-c3ccccc3)s2)C1. The van der Waals surface area contributed by atoms with Crippen LogP contribution >= 0.6 is 11.3 Å². The Morgan fingerprint density at radius 2 is 2.23 bits per heavy atom. The number of aromatic nitrogens is 1. The van der Waals surface area contributed by atoms with Crippen molar-refractivity contribution in [3.63, 3.8) is 0 Å². The summed E-state index contributed by atoms with van der Waals surface area (Å²) in [6.45, 7) is 0.0554. The van der Waals surface area contributed by atoms with Crippen LogP contribution in [-0.4, -0.2) is 34.5 Å². The van der Waals surface area contributed by atoms with Gasteiger partial charge in [-0.15, -0.1) is 0 Å². The van der Waals surface area contributed by atoms with Gasteiger partial charge >= 0.3 is 0 Å². The number of likely N-dealkylation sites (tertiary alicyclic amines) is 1. The lowest BCUT2D eigenvalue weighted by Crippen LogP contribution is -2.40. The lowest BCUT2D eigenvalue weighted by atomic mass is 10.1. The normalized spacial score (nSPS) is 20.6. The zero-order valence-electron chi connectivity index (χ0n) is 11.6. The van der Waals surface area contributed by atoms with E-state index in [0.717, 1.165) is 10.4 Å². The van der Waals surface area contributed by atoms with E-state index in [-0.39, 0.29) is 19.5 Å². The summed E-state index contributed by atoms with van der Waals surface area (Å²) < 4.78 is 14.5. The highest BCUT2D eigenvalue weighted by molar-refractivity contribution is 7.19. The molecule has 0 saturated carbocycles. The monoisotopic (exact) mass is 316 g/mol. The Morgan fingerprint density at radius 1 is 1.45 bits per heavy atom. The fourth-order valence-electron chi connectivity index (χ4n) is 2.32. The smallest absolute Gasteiger partial charge is 0.265 e. The zero-order chi connectivity index (χ0) is 15.6. The van der Waals surface area contributed by atoms with E-state index in [9.17, 15) is 9.18 Å². The molecular formula is C15H13FN4OS. The van der Waals surface area contributed by atoms with Crippen molar-refractivity contribution in [1.82, 2.24) is 9.88 Å².